The van der Waals surface area contributed by atoms with E-state index >= 15 is 0 Å². The lowest BCUT2D eigenvalue weighted by Gasteiger charge is -2.37. The molecule has 2 N–H and O–H groups in total. The summed E-state index contributed by atoms with van der Waals surface area (Å²) in [6, 6.07) is 6.94. The van der Waals surface area contributed by atoms with E-state index in [1.807, 2.05) is 17.8 Å². The van der Waals surface area contributed by atoms with E-state index < -0.39 is 0 Å². The van der Waals surface area contributed by atoms with Crippen molar-refractivity contribution in [2.75, 3.05) is 22.9 Å². The standard InChI is InChI=1S/C13H20N2S/c1-3-11(4-2)15-7-8-16-13-6-5-10(14)9-12(13)15/h5-6,9,11H,3-4,7-8,14H2,1-2H3. The number of hydrogen-bond donors (Lipinski definition) is 1. The molecule has 1 aromatic rings. The number of nitrogens with zero attached hydrogens (tertiary/aromatic N) is 1. The fraction of sp³-hybridized carbons (Fsp3) is 0.538. The minimum absolute atomic E-state index is 0.654. The first-order chi connectivity index (χ1) is 7.76. The summed E-state index contributed by atoms with van der Waals surface area (Å²) in [5.41, 5.74) is 8.10. The first kappa shape index (κ1) is 11.6. The first-order valence-electron chi connectivity index (χ1n) is 6.05. The molecule has 0 atom stereocenters. The molecule has 0 amide bonds. The summed E-state index contributed by atoms with van der Waals surface area (Å²) < 4.78 is 0. The normalized spacial score (nSPS) is 15.3. The number of anilines is 2. The molecule has 88 valence electrons. The topological polar surface area (TPSA) is 29.3 Å². The molecule has 1 heterocycles. The van der Waals surface area contributed by atoms with Gasteiger partial charge in [0.15, 0.2) is 0 Å². The largest absolute Gasteiger partial charge is 0.399 e. The molecule has 1 aliphatic rings. The number of benzene rings is 1. The third kappa shape index (κ3) is 2.14. The van der Waals surface area contributed by atoms with Crippen molar-refractivity contribution in [3.8, 4) is 0 Å². The molecule has 0 saturated heterocycles. The highest BCUT2D eigenvalue weighted by molar-refractivity contribution is 7.99. The SMILES string of the molecule is CCC(CC)N1CCSc2ccc(N)cc21. The minimum Gasteiger partial charge on any atom is -0.399 e. The number of nitrogens with two attached hydrogens (primary N) is 1. The van der Waals surface area contributed by atoms with Crippen LogP contribution in [0, 0.1) is 0 Å². The molecule has 0 saturated carbocycles. The summed E-state index contributed by atoms with van der Waals surface area (Å²) in [5.74, 6) is 1.19. The summed E-state index contributed by atoms with van der Waals surface area (Å²) >= 11 is 1.94. The Kier molecular flexibility index (Phi) is 3.64. The van der Waals surface area contributed by atoms with Crippen molar-refractivity contribution in [3.05, 3.63) is 18.2 Å². The molecular formula is C13H20N2S. The highest BCUT2D eigenvalue weighted by Crippen LogP contribution is 2.37. The third-order valence-corrected chi connectivity index (χ3v) is 4.31. The Morgan fingerprint density at radius 2 is 2.12 bits per heavy atom. The van der Waals surface area contributed by atoms with Gasteiger partial charge in [-0.05, 0) is 31.0 Å². The number of hydrogen-bond acceptors (Lipinski definition) is 3. The molecule has 3 heteroatoms. The van der Waals surface area contributed by atoms with Gasteiger partial charge in [0.25, 0.3) is 0 Å². The predicted molar refractivity (Wildman–Crippen MR) is 73.3 cm³/mol. The van der Waals surface area contributed by atoms with Crippen LogP contribution in [0.3, 0.4) is 0 Å². The van der Waals surface area contributed by atoms with Crippen LogP contribution >= 0.6 is 11.8 Å². The Labute approximate surface area is 102 Å². The van der Waals surface area contributed by atoms with E-state index in [1.54, 1.807) is 0 Å². The van der Waals surface area contributed by atoms with E-state index in [0.717, 1.165) is 12.2 Å². The van der Waals surface area contributed by atoms with Gasteiger partial charge in [-0.1, -0.05) is 13.8 Å². The van der Waals surface area contributed by atoms with Crippen LogP contribution in [0.4, 0.5) is 11.4 Å². The van der Waals surface area contributed by atoms with Crippen LogP contribution in [-0.2, 0) is 0 Å². The van der Waals surface area contributed by atoms with Crippen LogP contribution in [0.15, 0.2) is 23.1 Å². The van der Waals surface area contributed by atoms with Gasteiger partial charge in [0.2, 0.25) is 0 Å². The first-order valence-corrected chi connectivity index (χ1v) is 7.03. The number of rotatable bonds is 3. The zero-order chi connectivity index (χ0) is 11.5. The van der Waals surface area contributed by atoms with E-state index in [-0.39, 0.29) is 0 Å². The lowest BCUT2D eigenvalue weighted by Crippen LogP contribution is -2.38. The van der Waals surface area contributed by atoms with Crippen molar-refractivity contribution < 1.29 is 0 Å². The zero-order valence-corrected chi connectivity index (χ0v) is 10.9. The zero-order valence-electron chi connectivity index (χ0n) is 10.1. The Bertz CT molecular complexity index is 361. The van der Waals surface area contributed by atoms with Crippen LogP contribution in [0.5, 0.6) is 0 Å². The summed E-state index contributed by atoms with van der Waals surface area (Å²) in [4.78, 5) is 3.91. The Morgan fingerprint density at radius 1 is 1.38 bits per heavy atom. The van der Waals surface area contributed by atoms with Crippen molar-refractivity contribution >= 4 is 23.1 Å². The maximum atomic E-state index is 5.89. The maximum Gasteiger partial charge on any atom is 0.0527 e. The molecule has 1 aliphatic heterocycles. The van der Waals surface area contributed by atoms with Crippen molar-refractivity contribution in [3.63, 3.8) is 0 Å². The molecule has 16 heavy (non-hydrogen) atoms. The van der Waals surface area contributed by atoms with Gasteiger partial charge in [-0.25, -0.2) is 0 Å². The van der Waals surface area contributed by atoms with E-state index in [9.17, 15) is 0 Å². The molecule has 2 rings (SSSR count). The van der Waals surface area contributed by atoms with Gasteiger partial charge in [0, 0.05) is 28.9 Å². The summed E-state index contributed by atoms with van der Waals surface area (Å²) in [7, 11) is 0. The van der Waals surface area contributed by atoms with Crippen LogP contribution in [0.2, 0.25) is 0 Å². The monoisotopic (exact) mass is 236 g/mol. The second kappa shape index (κ2) is 5.00. The van der Waals surface area contributed by atoms with Gasteiger partial charge in [-0.2, -0.15) is 0 Å². The average Bonchev–Trinajstić information content (AvgIpc) is 2.31. The van der Waals surface area contributed by atoms with Crippen LogP contribution < -0.4 is 10.6 Å². The van der Waals surface area contributed by atoms with Gasteiger partial charge in [-0.15, -0.1) is 11.8 Å². The van der Waals surface area contributed by atoms with Crippen LogP contribution in [0.25, 0.3) is 0 Å². The Hall–Kier alpha value is -0.830. The van der Waals surface area contributed by atoms with E-state index in [0.29, 0.717) is 6.04 Å². The maximum absolute atomic E-state index is 5.89. The van der Waals surface area contributed by atoms with Gasteiger partial charge >= 0.3 is 0 Å². The molecule has 2 nitrogen and oxygen atoms in total. The molecule has 0 bridgehead atoms. The summed E-state index contributed by atoms with van der Waals surface area (Å²) in [6.07, 6.45) is 2.41. The van der Waals surface area contributed by atoms with Crippen molar-refractivity contribution in [1.29, 1.82) is 0 Å². The Morgan fingerprint density at radius 3 is 2.81 bits per heavy atom. The summed E-state index contributed by atoms with van der Waals surface area (Å²) in [6.45, 7) is 5.68. The van der Waals surface area contributed by atoms with E-state index in [4.69, 9.17) is 5.73 Å². The number of fused-ring (bicyclic) bond motifs is 1. The fourth-order valence-corrected chi connectivity index (χ4v) is 3.36. The van der Waals surface area contributed by atoms with Gasteiger partial charge in [0.1, 0.15) is 0 Å². The smallest absolute Gasteiger partial charge is 0.0527 e. The molecule has 0 spiro atoms. The quantitative estimate of drug-likeness (QED) is 0.816. The second-order valence-electron chi connectivity index (χ2n) is 4.24. The van der Waals surface area contributed by atoms with Crippen LogP contribution in [-0.4, -0.2) is 18.3 Å². The number of nitrogen functional groups attached to an aromatic ring is 1. The lowest BCUT2D eigenvalue weighted by molar-refractivity contribution is 0.563. The van der Waals surface area contributed by atoms with E-state index in [2.05, 4.69) is 30.9 Å². The van der Waals surface area contributed by atoms with Gasteiger partial charge in [0.05, 0.1) is 5.69 Å². The van der Waals surface area contributed by atoms with Crippen LogP contribution in [0.1, 0.15) is 26.7 Å². The summed E-state index contributed by atoms with van der Waals surface area (Å²) in [5, 5.41) is 0. The third-order valence-electron chi connectivity index (χ3n) is 3.27. The lowest BCUT2D eigenvalue weighted by atomic mass is 10.1. The highest BCUT2D eigenvalue weighted by atomic mass is 32.2. The van der Waals surface area contributed by atoms with Crippen molar-refractivity contribution in [2.24, 2.45) is 0 Å². The predicted octanol–water partition coefficient (Wildman–Crippen LogP) is 3.37. The van der Waals surface area contributed by atoms with E-state index in [1.165, 1.54) is 29.2 Å². The molecular weight excluding hydrogens is 216 g/mol. The fourth-order valence-electron chi connectivity index (χ4n) is 2.36. The van der Waals surface area contributed by atoms with Gasteiger partial charge < -0.3 is 10.6 Å². The average molecular weight is 236 g/mol. The number of thioether (sulfide) groups is 1. The Balaban J connectivity index is 2.34. The molecule has 0 aliphatic carbocycles. The van der Waals surface area contributed by atoms with Crippen molar-refractivity contribution in [2.45, 2.75) is 37.6 Å². The molecule has 0 fully saturated rings. The van der Waals surface area contributed by atoms with Gasteiger partial charge in [-0.3, -0.25) is 0 Å². The highest BCUT2D eigenvalue weighted by Gasteiger charge is 2.22. The van der Waals surface area contributed by atoms with Crippen molar-refractivity contribution in [1.82, 2.24) is 0 Å². The molecule has 1 aromatic carbocycles. The minimum atomic E-state index is 0.654. The molecule has 0 unspecified atom stereocenters. The molecule has 0 radical (unpaired) electrons. The second-order valence-corrected chi connectivity index (χ2v) is 5.38. The molecule has 0 aromatic heterocycles.